The highest BCUT2D eigenvalue weighted by molar-refractivity contribution is 7.98. The second-order valence-electron chi connectivity index (χ2n) is 7.79. The topological polar surface area (TPSA) is 328 Å². The highest BCUT2D eigenvalue weighted by Gasteiger charge is 2.16. The molecule has 0 aliphatic rings. The molecule has 17 heteroatoms. The van der Waals surface area contributed by atoms with Gasteiger partial charge in [-0.3, -0.25) is 19.2 Å². The molecule has 1 aromatic heterocycles. The Balaban J connectivity index is -0.000000433. The van der Waals surface area contributed by atoms with Crippen LogP contribution in [0.5, 0.6) is 0 Å². The van der Waals surface area contributed by atoms with E-state index in [0.717, 1.165) is 24.3 Å². The maximum atomic E-state index is 10.3. The Morgan fingerprint density at radius 2 is 1.39 bits per heavy atom. The molecule has 0 spiro atoms. The van der Waals surface area contributed by atoms with Crippen LogP contribution in [-0.2, 0) is 25.6 Å². The quantitative estimate of drug-likeness (QED) is 0.106. The van der Waals surface area contributed by atoms with Crippen LogP contribution >= 0.6 is 11.8 Å². The molecule has 1 heterocycles. The van der Waals surface area contributed by atoms with Crippen molar-refractivity contribution >= 4 is 35.6 Å². The summed E-state index contributed by atoms with van der Waals surface area (Å²) in [6.07, 6.45) is 7.00. The number of nitrogens with zero attached hydrogens (tertiary/aromatic N) is 1. The van der Waals surface area contributed by atoms with E-state index in [4.69, 9.17) is 54.2 Å². The summed E-state index contributed by atoms with van der Waals surface area (Å²) in [5.74, 6) is -3.21. The van der Waals surface area contributed by atoms with Crippen LogP contribution in [0.15, 0.2) is 12.5 Å². The van der Waals surface area contributed by atoms with E-state index in [2.05, 4.69) is 9.97 Å². The largest absolute Gasteiger partial charge is 0.480 e. The summed E-state index contributed by atoms with van der Waals surface area (Å²) in [4.78, 5) is 46.8. The number of rotatable bonds is 14. The van der Waals surface area contributed by atoms with Crippen LogP contribution in [0, 0.1) is 0 Å². The summed E-state index contributed by atoms with van der Waals surface area (Å²) >= 11 is 1.60. The number of unbranched alkanes of at least 4 members (excludes halogenated alkanes) is 1. The summed E-state index contributed by atoms with van der Waals surface area (Å²) in [7, 11) is 0. The number of carboxylic acids is 4. The summed E-state index contributed by atoms with van der Waals surface area (Å²) in [5.41, 5.74) is 26.5. The molecule has 0 bridgehead atoms. The molecule has 16 nitrogen and oxygen atoms in total. The summed E-state index contributed by atoms with van der Waals surface area (Å²) in [6.45, 7) is 1.94. The number of hydrogen-bond acceptors (Lipinski definition) is 12. The first-order valence-electron chi connectivity index (χ1n) is 11.4. The molecule has 0 saturated heterocycles. The number of carbonyl (C=O) groups is 4. The zero-order chi connectivity index (χ0) is 30.3. The Morgan fingerprint density at radius 3 is 1.71 bits per heavy atom. The predicted octanol–water partition coefficient (Wildman–Crippen LogP) is -2.18. The lowest BCUT2D eigenvalue weighted by Gasteiger charge is -2.06. The van der Waals surface area contributed by atoms with E-state index >= 15 is 0 Å². The zero-order valence-electron chi connectivity index (χ0n) is 21.6. The van der Waals surface area contributed by atoms with Gasteiger partial charge < -0.3 is 59.2 Å². The van der Waals surface area contributed by atoms with Crippen molar-refractivity contribution in [2.24, 2.45) is 28.7 Å². The molecule has 0 fully saturated rings. The van der Waals surface area contributed by atoms with Gasteiger partial charge in [-0.2, -0.15) is 11.8 Å². The Hall–Kier alpha value is -2.80. The Kier molecular flexibility index (Phi) is 25.6. The van der Waals surface area contributed by atoms with E-state index in [1.54, 1.807) is 18.0 Å². The first-order valence-corrected chi connectivity index (χ1v) is 12.8. The van der Waals surface area contributed by atoms with Gasteiger partial charge in [-0.05, 0) is 44.7 Å². The van der Waals surface area contributed by atoms with Gasteiger partial charge in [0, 0.05) is 18.3 Å². The fourth-order valence-electron chi connectivity index (χ4n) is 1.93. The predicted molar refractivity (Wildman–Crippen MR) is 142 cm³/mol. The second-order valence-corrected chi connectivity index (χ2v) is 8.77. The molecule has 1 aromatic rings. The van der Waals surface area contributed by atoms with E-state index in [9.17, 15) is 19.2 Å². The van der Waals surface area contributed by atoms with E-state index in [1.807, 2.05) is 6.26 Å². The highest BCUT2D eigenvalue weighted by atomic mass is 32.2. The molecular formula is C21H43N7O9S. The summed E-state index contributed by atoms with van der Waals surface area (Å²) in [5, 5.41) is 41.6. The van der Waals surface area contributed by atoms with Crippen LogP contribution in [0.2, 0.25) is 0 Å². The molecule has 0 amide bonds. The van der Waals surface area contributed by atoms with Crippen molar-refractivity contribution < 1.29 is 44.7 Å². The van der Waals surface area contributed by atoms with Gasteiger partial charge in [-0.15, -0.1) is 0 Å². The highest BCUT2D eigenvalue weighted by Crippen LogP contribution is 1.98. The first kappa shape index (κ1) is 39.7. The second kappa shape index (κ2) is 24.5. The van der Waals surface area contributed by atoms with Crippen LogP contribution in [0.3, 0.4) is 0 Å². The SMILES string of the molecule is CSCC[C@H](N)C(=O)O.C[C@@H](O)[C@H](N)C(=O)O.NCCCC[C@H](N)C(=O)O.N[C@@H](Cc1cnc[nH]1)C(=O)O. The van der Waals surface area contributed by atoms with Gasteiger partial charge in [0.2, 0.25) is 0 Å². The number of nitrogens with two attached hydrogens (primary N) is 5. The molecule has 5 atom stereocenters. The molecule has 1 rings (SSSR count). The smallest absolute Gasteiger partial charge is 0.323 e. The molecule has 16 N–H and O–H groups in total. The standard InChI is InChI=1S/C6H9N3O2.C6H14N2O2.C5H11NO2S.C4H9NO3/c7-5(6(10)11)1-4-2-8-3-9-4;7-4-2-1-3-5(8)6(9)10;1-9-3-2-4(6)5(7)8;1-2(6)3(5)4(7)8/h2-3,5H,1,7H2,(H,8,9)(H,10,11);5H,1-4,7-8H2,(H,9,10);4H,2-3,6H2,1H3,(H,7,8);2-3,6H,5H2,1H3,(H,7,8)/t2*5-;4-;2-,3+/m0001/s1. The van der Waals surface area contributed by atoms with Gasteiger partial charge in [-0.1, -0.05) is 6.42 Å². The number of carboxylic acid groups (broad SMARTS) is 4. The number of hydrogen-bond donors (Lipinski definition) is 11. The van der Waals surface area contributed by atoms with Crippen molar-refractivity contribution in [1.29, 1.82) is 0 Å². The Morgan fingerprint density at radius 1 is 0.895 bits per heavy atom. The van der Waals surface area contributed by atoms with E-state index in [-0.39, 0.29) is 6.42 Å². The molecule has 0 aliphatic carbocycles. The maximum Gasteiger partial charge on any atom is 0.323 e. The van der Waals surface area contributed by atoms with Gasteiger partial charge in [0.15, 0.2) is 0 Å². The number of aliphatic carboxylic acids is 4. The number of aromatic nitrogens is 2. The van der Waals surface area contributed by atoms with Gasteiger partial charge in [-0.25, -0.2) is 4.98 Å². The van der Waals surface area contributed by atoms with E-state index in [0.29, 0.717) is 19.4 Å². The molecule has 0 aromatic carbocycles. The van der Waals surface area contributed by atoms with Crippen LogP contribution in [0.25, 0.3) is 0 Å². The maximum absolute atomic E-state index is 10.3. The van der Waals surface area contributed by atoms with E-state index < -0.39 is 54.1 Å². The summed E-state index contributed by atoms with van der Waals surface area (Å²) in [6, 6.07) is -3.41. The number of aliphatic hydroxyl groups is 1. The number of imidazole rings is 1. The molecule has 0 unspecified atom stereocenters. The fraction of sp³-hybridized carbons (Fsp3) is 0.667. The molecule has 0 saturated carbocycles. The zero-order valence-corrected chi connectivity index (χ0v) is 22.4. The third-order valence-corrected chi connectivity index (χ3v) is 5.00. The third kappa shape index (κ3) is 24.9. The minimum atomic E-state index is -1.18. The lowest BCUT2D eigenvalue weighted by molar-refractivity contribution is -0.141. The van der Waals surface area contributed by atoms with Gasteiger partial charge in [0.05, 0.1) is 12.4 Å². The van der Waals surface area contributed by atoms with Gasteiger partial charge >= 0.3 is 23.9 Å². The third-order valence-electron chi connectivity index (χ3n) is 4.35. The van der Waals surface area contributed by atoms with Crippen molar-refractivity contribution in [2.45, 2.75) is 69.3 Å². The number of aromatic amines is 1. The van der Waals surface area contributed by atoms with Gasteiger partial charge in [0.25, 0.3) is 0 Å². The number of aliphatic hydroxyl groups excluding tert-OH is 1. The molecule has 38 heavy (non-hydrogen) atoms. The number of thioether (sulfide) groups is 1. The normalized spacial score (nSPS) is 13.9. The van der Waals surface area contributed by atoms with Gasteiger partial charge in [0.1, 0.15) is 24.2 Å². The number of nitrogens with one attached hydrogen (secondary N) is 1. The van der Waals surface area contributed by atoms with Crippen LogP contribution < -0.4 is 28.7 Å². The number of H-pyrrole nitrogens is 1. The van der Waals surface area contributed by atoms with Crippen LogP contribution in [0.1, 0.15) is 38.3 Å². The minimum Gasteiger partial charge on any atom is -0.480 e. The van der Waals surface area contributed by atoms with Crippen molar-refractivity contribution in [3.63, 3.8) is 0 Å². The molecule has 0 radical (unpaired) electrons. The van der Waals surface area contributed by atoms with Crippen molar-refractivity contribution in [3.8, 4) is 0 Å². The average Bonchev–Trinajstić information content (AvgIpc) is 3.36. The first-order chi connectivity index (χ1) is 17.6. The molecular weight excluding hydrogens is 526 g/mol. The monoisotopic (exact) mass is 569 g/mol. The summed E-state index contributed by atoms with van der Waals surface area (Å²) < 4.78 is 0. The Labute approximate surface area is 225 Å². The van der Waals surface area contributed by atoms with Crippen LogP contribution in [0.4, 0.5) is 0 Å². The minimum absolute atomic E-state index is 0.287. The van der Waals surface area contributed by atoms with Crippen molar-refractivity contribution in [1.82, 2.24) is 9.97 Å². The lowest BCUT2D eigenvalue weighted by Crippen LogP contribution is -2.39. The van der Waals surface area contributed by atoms with Crippen molar-refractivity contribution in [3.05, 3.63) is 18.2 Å². The molecule has 222 valence electrons. The molecule has 0 aliphatic heterocycles. The van der Waals surface area contributed by atoms with Crippen molar-refractivity contribution in [2.75, 3.05) is 18.6 Å². The fourth-order valence-corrected chi connectivity index (χ4v) is 2.42. The van der Waals surface area contributed by atoms with E-state index in [1.165, 1.54) is 13.3 Å². The average molecular weight is 570 g/mol. The Bertz CT molecular complexity index is 770. The van der Waals surface area contributed by atoms with Crippen LogP contribution in [-0.4, -0.2) is 108 Å². The lowest BCUT2D eigenvalue weighted by atomic mass is 10.1.